The van der Waals surface area contributed by atoms with E-state index in [4.69, 9.17) is 0 Å². The minimum atomic E-state index is -0.401. The van der Waals surface area contributed by atoms with E-state index in [0.29, 0.717) is 0 Å². The van der Waals surface area contributed by atoms with Crippen molar-refractivity contribution < 1.29 is 0 Å². The van der Waals surface area contributed by atoms with Crippen molar-refractivity contribution in [1.82, 2.24) is 4.57 Å². The Bertz CT molecular complexity index is 64.1. The van der Waals surface area contributed by atoms with E-state index >= 15 is 0 Å². The van der Waals surface area contributed by atoms with Crippen LogP contribution in [0.4, 0.5) is 0 Å². The maximum atomic E-state index is 2.65. The van der Waals surface area contributed by atoms with Crippen LogP contribution in [0.1, 0.15) is 13.8 Å². The van der Waals surface area contributed by atoms with Gasteiger partial charge in [-0.1, -0.05) is 26.1 Å². The largest absolute Gasteiger partial charge is 0.327 e. The molecule has 0 saturated carbocycles. The fourth-order valence-corrected chi connectivity index (χ4v) is 4.42. The quantitative estimate of drug-likeness (QED) is 0.525. The van der Waals surface area contributed by atoms with E-state index in [1.807, 2.05) is 0 Å². The lowest BCUT2D eigenvalue weighted by Crippen LogP contribution is -2.36. The molecule has 0 saturated heterocycles. The summed E-state index contributed by atoms with van der Waals surface area (Å²) in [6, 6.07) is 0. The monoisotopic (exact) mass is 161 g/mol. The van der Waals surface area contributed by atoms with Gasteiger partial charge in [-0.2, -0.15) is 0 Å². The molecule has 56 valence electrons. The first-order valence-corrected chi connectivity index (χ1v) is 7.90. The third kappa shape index (κ3) is 3.18. The van der Waals surface area contributed by atoms with E-state index in [1.54, 1.807) is 5.67 Å². The van der Waals surface area contributed by atoms with Crippen molar-refractivity contribution in [3.8, 4) is 0 Å². The highest BCUT2D eigenvalue weighted by molar-refractivity contribution is 6.61. The second-order valence-corrected chi connectivity index (χ2v) is 8.17. The molecule has 0 aromatic carbocycles. The van der Waals surface area contributed by atoms with Gasteiger partial charge >= 0.3 is 0 Å². The van der Waals surface area contributed by atoms with Crippen LogP contribution in [0, 0.1) is 0 Å². The second-order valence-electron chi connectivity index (χ2n) is 2.48. The molecule has 0 aromatic heterocycles. The Morgan fingerprint density at radius 3 is 1.89 bits per heavy atom. The summed E-state index contributed by atoms with van der Waals surface area (Å²) in [6.45, 7) is 9.53. The highest BCUT2D eigenvalue weighted by Crippen LogP contribution is 1.95. The van der Waals surface area contributed by atoms with Gasteiger partial charge in [-0.05, 0) is 13.1 Å². The van der Waals surface area contributed by atoms with Gasteiger partial charge in [0, 0.05) is 10.2 Å². The zero-order valence-corrected chi connectivity index (χ0v) is 10.3. The minimum absolute atomic E-state index is 0.401. The van der Waals surface area contributed by atoms with E-state index in [-0.39, 0.29) is 0 Å². The molecule has 3 heteroatoms. The van der Waals surface area contributed by atoms with Gasteiger partial charge in [0.25, 0.3) is 0 Å². The molecule has 0 aliphatic carbocycles. The predicted octanol–water partition coefficient (Wildman–Crippen LogP) is 0.00470. The van der Waals surface area contributed by atoms with Crippen LogP contribution < -0.4 is 0 Å². The molecule has 9 heavy (non-hydrogen) atoms. The molecule has 0 N–H and O–H groups in total. The Labute approximate surface area is 63.6 Å². The van der Waals surface area contributed by atoms with E-state index in [0.717, 1.165) is 0 Å². The number of hydrogen-bond acceptors (Lipinski definition) is 1. The van der Waals surface area contributed by atoms with Crippen molar-refractivity contribution in [1.29, 1.82) is 0 Å². The van der Waals surface area contributed by atoms with Crippen LogP contribution in [0.25, 0.3) is 0 Å². The molecule has 0 heterocycles. The zero-order chi connectivity index (χ0) is 7.28. The maximum absolute atomic E-state index is 2.65. The fourth-order valence-electron chi connectivity index (χ4n) is 1.11. The molecule has 0 aliphatic rings. The lowest BCUT2D eigenvalue weighted by atomic mass is 10.7. The van der Waals surface area contributed by atoms with Crippen molar-refractivity contribution in [2.24, 2.45) is 0 Å². The molecule has 1 atom stereocenters. The van der Waals surface area contributed by atoms with Gasteiger partial charge in [0.15, 0.2) is 0 Å². The predicted molar refractivity (Wildman–Crippen MR) is 50.7 cm³/mol. The molecular weight excluding hydrogens is 142 g/mol. The normalized spacial score (nSPS) is 14.7. The summed E-state index contributed by atoms with van der Waals surface area (Å²) < 4.78 is 2.65. The van der Waals surface area contributed by atoms with Gasteiger partial charge < -0.3 is 4.57 Å². The summed E-state index contributed by atoms with van der Waals surface area (Å²) in [4.78, 5) is 0. The Hall–Kier alpha value is 0.394. The van der Waals surface area contributed by atoms with Gasteiger partial charge in [-0.15, -0.1) is 0 Å². The molecule has 0 amide bonds. The Balaban J connectivity index is 3.50. The molecule has 1 nitrogen and oxygen atoms in total. The number of hydrogen-bond donors (Lipinski definition) is 0. The maximum Gasteiger partial charge on any atom is 0.105 e. The number of nitrogens with zero attached hydrogens (tertiary/aromatic N) is 1. The molecule has 0 spiro atoms. The molecule has 0 aliphatic heterocycles. The Kier molecular flexibility index (Phi) is 5.43. The summed E-state index contributed by atoms with van der Waals surface area (Å²) >= 11 is 0. The van der Waals surface area contributed by atoms with Crippen LogP contribution in [0.15, 0.2) is 0 Å². The van der Waals surface area contributed by atoms with E-state index in [2.05, 4.69) is 25.0 Å². The van der Waals surface area contributed by atoms with Crippen LogP contribution in [0.5, 0.6) is 0 Å². The summed E-state index contributed by atoms with van der Waals surface area (Å²) in [5.41, 5.74) is 1.54. The molecule has 0 fully saturated rings. The van der Waals surface area contributed by atoms with Gasteiger partial charge in [0.2, 0.25) is 0 Å². The second kappa shape index (κ2) is 5.20. The molecule has 0 bridgehead atoms. The van der Waals surface area contributed by atoms with Crippen LogP contribution in [0.3, 0.4) is 0 Å². The van der Waals surface area contributed by atoms with Gasteiger partial charge in [0.05, 0.1) is 0 Å². The minimum Gasteiger partial charge on any atom is -0.327 e. The van der Waals surface area contributed by atoms with Crippen LogP contribution >= 0.6 is 0 Å². The molecule has 0 radical (unpaired) electrons. The topological polar surface area (TPSA) is 3.24 Å². The van der Waals surface area contributed by atoms with Crippen LogP contribution in [-0.2, 0) is 0 Å². The Morgan fingerprint density at radius 2 is 1.78 bits per heavy atom. The van der Waals surface area contributed by atoms with Crippen molar-refractivity contribution >= 4 is 19.2 Å². The van der Waals surface area contributed by atoms with Gasteiger partial charge in [-0.3, -0.25) is 0 Å². The van der Waals surface area contributed by atoms with Gasteiger partial charge in [-0.25, -0.2) is 0 Å². The highest BCUT2D eigenvalue weighted by atomic mass is 28.3. The highest BCUT2D eigenvalue weighted by Gasteiger charge is 2.07. The van der Waals surface area contributed by atoms with Crippen LogP contribution in [0.2, 0.25) is 12.2 Å². The van der Waals surface area contributed by atoms with Crippen molar-refractivity contribution in [2.75, 3.05) is 13.1 Å². The third-order valence-corrected chi connectivity index (χ3v) is 8.73. The first-order chi connectivity index (χ1) is 4.26. The molecule has 1 unspecified atom stereocenters. The average Bonchev–Trinajstić information content (AvgIpc) is 1.90. The smallest absolute Gasteiger partial charge is 0.105 e. The lowest BCUT2D eigenvalue weighted by Gasteiger charge is -2.23. The third-order valence-electron chi connectivity index (χ3n) is 2.03. The summed E-state index contributed by atoms with van der Waals surface area (Å²) in [6.07, 6.45) is 0. The number of rotatable bonds is 4. The standard InChI is InChI=1S/C6H19NSi2/c1-4-7(5-2)9(3)6-8/h9H,4-6H2,1-3,8H3. The Morgan fingerprint density at radius 1 is 1.33 bits per heavy atom. The SMILES string of the molecule is CCN(CC)[SiH](C)C[SiH3]. The summed E-state index contributed by atoms with van der Waals surface area (Å²) in [7, 11) is 0.999. The van der Waals surface area contributed by atoms with Crippen LogP contribution in [-0.4, -0.2) is 36.9 Å². The van der Waals surface area contributed by atoms with E-state index < -0.39 is 8.96 Å². The molecule has 0 aromatic rings. The lowest BCUT2D eigenvalue weighted by molar-refractivity contribution is 0.483. The summed E-state index contributed by atoms with van der Waals surface area (Å²) in [5, 5.41) is 0. The molecular formula is C6H19NSi2. The first-order valence-electron chi connectivity index (χ1n) is 4.00. The van der Waals surface area contributed by atoms with E-state index in [9.17, 15) is 0 Å². The summed E-state index contributed by atoms with van der Waals surface area (Å²) in [5.74, 6) is 0. The van der Waals surface area contributed by atoms with Crippen molar-refractivity contribution in [3.63, 3.8) is 0 Å². The first kappa shape index (κ1) is 9.39. The van der Waals surface area contributed by atoms with E-state index in [1.165, 1.54) is 23.3 Å². The van der Waals surface area contributed by atoms with Gasteiger partial charge in [0.1, 0.15) is 8.96 Å². The van der Waals surface area contributed by atoms with Crippen molar-refractivity contribution in [3.05, 3.63) is 0 Å². The van der Waals surface area contributed by atoms with Crippen molar-refractivity contribution in [2.45, 2.75) is 26.1 Å². The fraction of sp³-hybridized carbons (Fsp3) is 1.00. The zero-order valence-electron chi connectivity index (χ0n) is 7.15. The average molecular weight is 161 g/mol. The molecule has 0 rings (SSSR count).